The Morgan fingerprint density at radius 3 is 2.55 bits per heavy atom. The number of aromatic amines is 1. The third-order valence-electron chi connectivity index (χ3n) is 5.88. The number of nitrogens with one attached hydrogen (secondary N) is 1. The molecule has 1 aliphatic heterocycles. The molecular weight excluding hydrogens is 425 g/mol. The van der Waals surface area contributed by atoms with Crippen LogP contribution in [0.3, 0.4) is 0 Å². The minimum Gasteiger partial charge on any atom is -0.488 e. The number of anilines is 1. The van der Waals surface area contributed by atoms with Gasteiger partial charge in [0.25, 0.3) is 0 Å². The van der Waals surface area contributed by atoms with E-state index in [0.29, 0.717) is 28.9 Å². The second-order valence-corrected chi connectivity index (χ2v) is 8.10. The second-order valence-electron chi connectivity index (χ2n) is 8.10. The summed E-state index contributed by atoms with van der Waals surface area (Å²) in [7, 11) is 3.72. The number of likely N-dealkylation sites (N-methyl/N-ethyl adjacent to an activating group) is 1. The van der Waals surface area contributed by atoms with Gasteiger partial charge < -0.3 is 19.3 Å². The van der Waals surface area contributed by atoms with Gasteiger partial charge >= 0.3 is 0 Å². The molecule has 10 heteroatoms. The topological polar surface area (TPSA) is 84.3 Å². The van der Waals surface area contributed by atoms with E-state index in [4.69, 9.17) is 9.47 Å². The summed E-state index contributed by atoms with van der Waals surface area (Å²) < 4.78 is 26.6. The predicted molar refractivity (Wildman–Crippen MR) is 123 cm³/mol. The number of hydrogen-bond acceptors (Lipinski definition) is 7. The molecule has 0 amide bonds. The molecule has 1 aliphatic rings. The van der Waals surface area contributed by atoms with Gasteiger partial charge in [0.15, 0.2) is 11.6 Å². The summed E-state index contributed by atoms with van der Waals surface area (Å²) in [4.78, 5) is 4.72. The van der Waals surface area contributed by atoms with E-state index in [1.165, 1.54) is 11.8 Å². The highest BCUT2D eigenvalue weighted by molar-refractivity contribution is 5.92. The molecule has 1 saturated heterocycles. The van der Waals surface area contributed by atoms with Crippen molar-refractivity contribution in [3.63, 3.8) is 0 Å². The number of H-pyrrole nitrogens is 1. The van der Waals surface area contributed by atoms with E-state index in [9.17, 15) is 4.39 Å². The molecule has 0 bridgehead atoms. The molecule has 1 N–H and O–H groups in total. The number of ether oxygens (including phenoxy) is 2. The van der Waals surface area contributed by atoms with Crippen LogP contribution in [0, 0.1) is 5.82 Å². The van der Waals surface area contributed by atoms with Gasteiger partial charge in [-0.3, -0.25) is 5.10 Å². The molecule has 9 nitrogen and oxygen atoms in total. The average molecular weight is 452 g/mol. The summed E-state index contributed by atoms with van der Waals surface area (Å²) >= 11 is 0. The summed E-state index contributed by atoms with van der Waals surface area (Å²) in [6.07, 6.45) is 1.79. The molecule has 5 rings (SSSR count). The van der Waals surface area contributed by atoms with Crippen LogP contribution in [0.1, 0.15) is 0 Å². The van der Waals surface area contributed by atoms with Gasteiger partial charge in [-0.25, -0.2) is 9.07 Å². The number of benzene rings is 2. The van der Waals surface area contributed by atoms with Crippen molar-refractivity contribution in [2.24, 2.45) is 0 Å². The number of halogens is 1. The van der Waals surface area contributed by atoms with Gasteiger partial charge in [0, 0.05) is 50.4 Å². The van der Waals surface area contributed by atoms with Crippen LogP contribution in [0.2, 0.25) is 0 Å². The first-order valence-corrected chi connectivity index (χ1v) is 10.9. The Kier molecular flexibility index (Phi) is 5.93. The van der Waals surface area contributed by atoms with Gasteiger partial charge in [0.2, 0.25) is 0 Å². The number of rotatable bonds is 7. The Bertz CT molecular complexity index is 1230. The summed E-state index contributed by atoms with van der Waals surface area (Å²) in [5.41, 5.74) is 3.84. The Morgan fingerprint density at radius 1 is 1.03 bits per heavy atom. The van der Waals surface area contributed by atoms with Crippen molar-refractivity contribution in [1.29, 1.82) is 0 Å². The molecule has 0 spiro atoms. The van der Waals surface area contributed by atoms with E-state index >= 15 is 0 Å². The molecule has 0 aliphatic carbocycles. The highest BCUT2D eigenvalue weighted by Crippen LogP contribution is 2.30. The van der Waals surface area contributed by atoms with Crippen molar-refractivity contribution in [2.45, 2.75) is 0 Å². The quantitative estimate of drug-likeness (QED) is 0.433. The Morgan fingerprint density at radius 2 is 1.79 bits per heavy atom. The largest absolute Gasteiger partial charge is 0.488 e. The monoisotopic (exact) mass is 451 g/mol. The molecule has 2 aromatic heterocycles. The Balaban J connectivity index is 1.35. The number of aromatic nitrogens is 5. The van der Waals surface area contributed by atoms with Gasteiger partial charge in [-0.05, 0) is 37.4 Å². The number of hydrogen-bond donors (Lipinski definition) is 1. The first-order valence-electron chi connectivity index (χ1n) is 10.9. The Labute approximate surface area is 190 Å². The van der Waals surface area contributed by atoms with E-state index in [2.05, 4.69) is 49.5 Å². The lowest BCUT2D eigenvalue weighted by Crippen LogP contribution is -2.44. The van der Waals surface area contributed by atoms with Crippen molar-refractivity contribution in [3.8, 4) is 22.8 Å². The van der Waals surface area contributed by atoms with E-state index in [1.54, 1.807) is 24.1 Å². The summed E-state index contributed by atoms with van der Waals surface area (Å²) in [5, 5.41) is 16.4. The number of fused-ring (bicyclic) bond motifs is 1. The minimum atomic E-state index is -0.465. The van der Waals surface area contributed by atoms with Crippen LogP contribution in [-0.2, 0) is 4.74 Å². The highest BCUT2D eigenvalue weighted by Gasteiger charge is 2.17. The van der Waals surface area contributed by atoms with E-state index < -0.39 is 5.82 Å². The zero-order chi connectivity index (χ0) is 22.8. The molecule has 2 aromatic carbocycles. The SMILES string of the molecule is COCCOc1cc2[nH]nc(-c3cn(-c4ccc(N5CCN(C)CC5)cc4)nn3)c2cc1F. The lowest BCUT2D eigenvalue weighted by molar-refractivity contribution is 0.144. The molecule has 4 aromatic rings. The van der Waals surface area contributed by atoms with Crippen LogP contribution >= 0.6 is 0 Å². The van der Waals surface area contributed by atoms with E-state index in [0.717, 1.165) is 31.9 Å². The fourth-order valence-corrected chi connectivity index (χ4v) is 3.94. The number of methoxy groups -OCH3 is 1. The predicted octanol–water partition coefficient (Wildman–Crippen LogP) is 2.73. The van der Waals surface area contributed by atoms with Gasteiger partial charge in [0.05, 0.1) is 24.0 Å². The van der Waals surface area contributed by atoms with Crippen molar-refractivity contribution in [1.82, 2.24) is 30.1 Å². The highest BCUT2D eigenvalue weighted by atomic mass is 19.1. The van der Waals surface area contributed by atoms with Crippen LogP contribution < -0.4 is 9.64 Å². The zero-order valence-electron chi connectivity index (χ0n) is 18.7. The molecule has 0 radical (unpaired) electrons. The van der Waals surface area contributed by atoms with Crippen molar-refractivity contribution in [3.05, 3.63) is 48.4 Å². The summed E-state index contributed by atoms with van der Waals surface area (Å²) in [6, 6.07) is 11.3. The molecule has 0 atom stereocenters. The van der Waals surface area contributed by atoms with Crippen LogP contribution in [0.25, 0.3) is 28.0 Å². The maximum atomic E-state index is 14.5. The first-order chi connectivity index (χ1) is 16.1. The van der Waals surface area contributed by atoms with Gasteiger partial charge in [-0.1, -0.05) is 5.21 Å². The lowest BCUT2D eigenvalue weighted by atomic mass is 10.1. The fourth-order valence-electron chi connectivity index (χ4n) is 3.94. The first kappa shape index (κ1) is 21.4. The van der Waals surface area contributed by atoms with Crippen LogP contribution in [0.15, 0.2) is 42.6 Å². The minimum absolute atomic E-state index is 0.152. The van der Waals surface area contributed by atoms with Gasteiger partial charge in [-0.15, -0.1) is 5.10 Å². The normalized spacial score (nSPS) is 14.8. The fraction of sp³-hybridized carbons (Fsp3) is 0.348. The molecule has 33 heavy (non-hydrogen) atoms. The third-order valence-corrected chi connectivity index (χ3v) is 5.88. The maximum absolute atomic E-state index is 14.5. The van der Waals surface area contributed by atoms with Crippen molar-refractivity contribution < 1.29 is 13.9 Å². The van der Waals surface area contributed by atoms with E-state index in [1.807, 2.05) is 12.1 Å². The van der Waals surface area contributed by atoms with Gasteiger partial charge in [-0.2, -0.15) is 5.10 Å². The number of nitrogens with zero attached hydrogens (tertiary/aromatic N) is 6. The zero-order valence-corrected chi connectivity index (χ0v) is 18.7. The molecule has 172 valence electrons. The standard InChI is InChI=1S/C23H26FN7O2/c1-29-7-9-30(10-8-29)16-3-5-17(6-4-16)31-15-21(26-28-31)23-18-13-19(24)22(33-12-11-32-2)14-20(18)25-27-23/h3-6,13-15H,7-12H2,1-2H3,(H,25,27). The second kappa shape index (κ2) is 9.16. The molecule has 0 unspecified atom stereocenters. The van der Waals surface area contributed by atoms with Crippen molar-refractivity contribution in [2.75, 3.05) is 58.5 Å². The lowest BCUT2D eigenvalue weighted by Gasteiger charge is -2.34. The maximum Gasteiger partial charge on any atom is 0.165 e. The average Bonchev–Trinajstić information content (AvgIpc) is 3.47. The molecule has 1 fully saturated rings. The summed E-state index contributed by atoms with van der Waals surface area (Å²) in [5.74, 6) is -0.313. The smallest absolute Gasteiger partial charge is 0.165 e. The van der Waals surface area contributed by atoms with Crippen molar-refractivity contribution >= 4 is 16.6 Å². The van der Waals surface area contributed by atoms with E-state index in [-0.39, 0.29) is 12.4 Å². The van der Waals surface area contributed by atoms with Gasteiger partial charge in [0.1, 0.15) is 18.0 Å². The van der Waals surface area contributed by atoms with Crippen LogP contribution in [-0.4, -0.2) is 83.6 Å². The van der Waals surface area contributed by atoms with Crippen LogP contribution in [0.4, 0.5) is 10.1 Å². The number of piperazine rings is 1. The molecular formula is C23H26FN7O2. The summed E-state index contributed by atoms with van der Waals surface area (Å²) in [6.45, 7) is 4.81. The van der Waals surface area contributed by atoms with Crippen LogP contribution in [0.5, 0.6) is 5.75 Å². The molecule has 0 saturated carbocycles. The molecule has 3 heterocycles. The third kappa shape index (κ3) is 4.39. The Hall–Kier alpha value is -3.50.